The smallest absolute Gasteiger partial charge is 0.246 e. The standard InChI is InChI=1S/C27H45N3O5/c1-6-13-28-23(32)20-21-25(34)30(19(15-31)16(3)7-2)22(24(33)29-18-11-9-8-10-12-18)27(21)14-17(4)26(20,5)35-27/h16-22,31H,6-15H2,1-5H3,(H,28,32)(H,29,33)/t16-,17?,19-,20+,21-,22?,26-,27?/m0/s1. The third kappa shape index (κ3) is 4.08. The van der Waals surface area contributed by atoms with Gasteiger partial charge in [-0.1, -0.05) is 53.4 Å². The number of nitrogens with zero attached hydrogens (tertiary/aromatic N) is 1. The fourth-order valence-corrected chi connectivity index (χ4v) is 7.43. The normalized spacial score (nSPS) is 38.3. The van der Waals surface area contributed by atoms with E-state index in [1.165, 1.54) is 6.42 Å². The van der Waals surface area contributed by atoms with Gasteiger partial charge in [-0.2, -0.15) is 0 Å². The van der Waals surface area contributed by atoms with Gasteiger partial charge in [-0.05, 0) is 44.4 Å². The van der Waals surface area contributed by atoms with E-state index in [4.69, 9.17) is 4.74 Å². The Bertz CT molecular complexity index is 830. The van der Waals surface area contributed by atoms with E-state index in [9.17, 15) is 19.5 Å². The quantitative estimate of drug-likeness (QED) is 0.459. The second kappa shape index (κ2) is 10.0. The Hall–Kier alpha value is -1.67. The molecule has 0 radical (unpaired) electrons. The van der Waals surface area contributed by atoms with Crippen molar-refractivity contribution in [2.24, 2.45) is 23.7 Å². The van der Waals surface area contributed by atoms with Gasteiger partial charge >= 0.3 is 0 Å². The number of aliphatic hydroxyl groups is 1. The predicted molar refractivity (Wildman–Crippen MR) is 132 cm³/mol. The Balaban J connectivity index is 1.76. The van der Waals surface area contributed by atoms with Gasteiger partial charge in [0.05, 0.1) is 30.1 Å². The zero-order valence-electron chi connectivity index (χ0n) is 22.1. The van der Waals surface area contributed by atoms with Crippen LogP contribution in [0.25, 0.3) is 0 Å². The molecule has 198 valence electrons. The number of ether oxygens (including phenoxy) is 1. The minimum atomic E-state index is -1.06. The largest absolute Gasteiger partial charge is 0.394 e. The van der Waals surface area contributed by atoms with Gasteiger partial charge < -0.3 is 25.4 Å². The first kappa shape index (κ1) is 26.4. The highest BCUT2D eigenvalue weighted by Gasteiger charge is 2.80. The van der Waals surface area contributed by atoms with Gasteiger partial charge in [-0.3, -0.25) is 14.4 Å². The summed E-state index contributed by atoms with van der Waals surface area (Å²) in [5, 5.41) is 16.7. The fraction of sp³-hybridized carbons (Fsp3) is 0.889. The number of amides is 3. The SMILES string of the molecule is CCCNC(=O)[C@H]1[C@H]2C(=O)N([C@@H](CO)[C@@H](C)CC)C(C(=O)NC3CCCCC3)C23CC(C)[C@]1(C)O3. The second-order valence-electron chi connectivity index (χ2n) is 11.7. The van der Waals surface area contributed by atoms with Crippen LogP contribution < -0.4 is 10.6 Å². The van der Waals surface area contributed by atoms with E-state index in [2.05, 4.69) is 17.6 Å². The first-order valence-electron chi connectivity index (χ1n) is 13.9. The second-order valence-corrected chi connectivity index (χ2v) is 11.7. The molecule has 3 heterocycles. The van der Waals surface area contributed by atoms with E-state index < -0.39 is 35.1 Å². The predicted octanol–water partition coefficient (Wildman–Crippen LogP) is 2.38. The lowest BCUT2D eigenvalue weighted by Gasteiger charge is -2.40. The number of hydrogen-bond donors (Lipinski definition) is 3. The molecular formula is C27H45N3O5. The molecule has 0 aromatic carbocycles. The molecule has 3 amide bonds. The first-order chi connectivity index (χ1) is 16.7. The number of hydrogen-bond acceptors (Lipinski definition) is 5. The Morgan fingerprint density at radius 2 is 1.89 bits per heavy atom. The molecule has 3 saturated heterocycles. The van der Waals surface area contributed by atoms with Crippen molar-refractivity contribution < 1.29 is 24.2 Å². The zero-order chi connectivity index (χ0) is 25.5. The molecular weight excluding hydrogens is 446 g/mol. The van der Waals surface area contributed by atoms with E-state index in [1.54, 1.807) is 4.90 Å². The highest BCUT2D eigenvalue weighted by molar-refractivity contribution is 5.99. The van der Waals surface area contributed by atoms with E-state index >= 15 is 0 Å². The van der Waals surface area contributed by atoms with Crippen LogP contribution in [0.5, 0.6) is 0 Å². The Morgan fingerprint density at radius 1 is 1.20 bits per heavy atom. The van der Waals surface area contributed by atoms with Gasteiger partial charge in [0.15, 0.2) is 0 Å². The molecule has 1 aliphatic carbocycles. The number of carbonyl (C=O) groups is 3. The lowest BCUT2D eigenvalue weighted by Crippen LogP contribution is -2.60. The molecule has 3 aliphatic heterocycles. The monoisotopic (exact) mass is 491 g/mol. The summed E-state index contributed by atoms with van der Waals surface area (Å²) < 4.78 is 6.76. The van der Waals surface area contributed by atoms with Crippen LogP contribution in [0.4, 0.5) is 0 Å². The summed E-state index contributed by atoms with van der Waals surface area (Å²) in [6.07, 6.45) is 7.35. The van der Waals surface area contributed by atoms with Gasteiger partial charge in [0, 0.05) is 12.6 Å². The summed E-state index contributed by atoms with van der Waals surface area (Å²) in [6.45, 7) is 10.3. The lowest BCUT2D eigenvalue weighted by molar-refractivity contribution is -0.152. The molecule has 1 saturated carbocycles. The molecule has 0 aromatic heterocycles. The number of carbonyl (C=O) groups excluding carboxylic acids is 3. The van der Waals surface area contributed by atoms with Crippen LogP contribution >= 0.6 is 0 Å². The van der Waals surface area contributed by atoms with Crippen LogP contribution in [0.3, 0.4) is 0 Å². The summed E-state index contributed by atoms with van der Waals surface area (Å²) in [5.74, 6) is -1.94. The summed E-state index contributed by atoms with van der Waals surface area (Å²) in [7, 11) is 0. The molecule has 8 atom stereocenters. The number of rotatable bonds is 9. The number of likely N-dealkylation sites (tertiary alicyclic amines) is 1. The molecule has 2 bridgehead atoms. The van der Waals surface area contributed by atoms with E-state index in [0.717, 1.165) is 38.5 Å². The van der Waals surface area contributed by atoms with Crippen molar-refractivity contribution in [2.75, 3.05) is 13.2 Å². The van der Waals surface area contributed by atoms with Crippen molar-refractivity contribution in [2.45, 2.75) is 115 Å². The highest BCUT2D eigenvalue weighted by Crippen LogP contribution is 2.65. The van der Waals surface area contributed by atoms with Crippen molar-refractivity contribution in [3.8, 4) is 0 Å². The first-order valence-corrected chi connectivity index (χ1v) is 13.9. The van der Waals surface area contributed by atoms with Crippen LogP contribution in [-0.2, 0) is 19.1 Å². The minimum absolute atomic E-state index is 0.00161. The summed E-state index contributed by atoms with van der Waals surface area (Å²) >= 11 is 0. The van der Waals surface area contributed by atoms with Crippen molar-refractivity contribution in [3.05, 3.63) is 0 Å². The number of fused-ring (bicyclic) bond motifs is 1. The summed E-state index contributed by atoms with van der Waals surface area (Å²) in [5.41, 5.74) is -1.86. The Morgan fingerprint density at radius 3 is 2.49 bits per heavy atom. The average Bonchev–Trinajstić information content (AvgIpc) is 3.35. The van der Waals surface area contributed by atoms with Gasteiger partial charge in [-0.25, -0.2) is 0 Å². The van der Waals surface area contributed by atoms with Crippen molar-refractivity contribution in [1.82, 2.24) is 15.5 Å². The molecule has 1 spiro atoms. The van der Waals surface area contributed by atoms with Crippen LogP contribution in [-0.4, -0.2) is 70.2 Å². The van der Waals surface area contributed by atoms with E-state index in [-0.39, 0.29) is 42.2 Å². The number of nitrogens with one attached hydrogen (secondary N) is 2. The number of aliphatic hydroxyl groups excluding tert-OH is 1. The minimum Gasteiger partial charge on any atom is -0.394 e. The average molecular weight is 492 g/mol. The maximum Gasteiger partial charge on any atom is 0.246 e. The van der Waals surface area contributed by atoms with Crippen molar-refractivity contribution in [1.29, 1.82) is 0 Å². The van der Waals surface area contributed by atoms with Gasteiger partial charge in [0.2, 0.25) is 17.7 Å². The van der Waals surface area contributed by atoms with Crippen LogP contribution in [0.1, 0.15) is 86.0 Å². The van der Waals surface area contributed by atoms with Crippen molar-refractivity contribution in [3.63, 3.8) is 0 Å². The molecule has 0 aromatic rings. The maximum absolute atomic E-state index is 14.2. The Kier molecular flexibility index (Phi) is 7.54. The molecule has 3 N–H and O–H groups in total. The molecule has 4 fully saturated rings. The van der Waals surface area contributed by atoms with Crippen LogP contribution in [0.15, 0.2) is 0 Å². The van der Waals surface area contributed by atoms with E-state index in [1.807, 2.05) is 27.7 Å². The van der Waals surface area contributed by atoms with Gasteiger partial charge in [-0.15, -0.1) is 0 Å². The maximum atomic E-state index is 14.2. The van der Waals surface area contributed by atoms with Crippen LogP contribution in [0, 0.1) is 23.7 Å². The molecule has 8 nitrogen and oxygen atoms in total. The van der Waals surface area contributed by atoms with Crippen molar-refractivity contribution >= 4 is 17.7 Å². The molecule has 35 heavy (non-hydrogen) atoms. The van der Waals surface area contributed by atoms with Crippen LogP contribution in [0.2, 0.25) is 0 Å². The van der Waals surface area contributed by atoms with E-state index in [0.29, 0.717) is 13.0 Å². The summed E-state index contributed by atoms with van der Waals surface area (Å²) in [4.78, 5) is 43.3. The Labute approximate surface area is 209 Å². The van der Waals surface area contributed by atoms with Gasteiger partial charge in [0.25, 0.3) is 0 Å². The zero-order valence-corrected chi connectivity index (χ0v) is 22.1. The topological polar surface area (TPSA) is 108 Å². The third-order valence-corrected chi connectivity index (χ3v) is 9.63. The molecule has 8 heteroatoms. The lowest BCUT2D eigenvalue weighted by atomic mass is 9.62. The molecule has 4 rings (SSSR count). The highest BCUT2D eigenvalue weighted by atomic mass is 16.5. The van der Waals surface area contributed by atoms with Gasteiger partial charge in [0.1, 0.15) is 11.6 Å². The third-order valence-electron chi connectivity index (χ3n) is 9.63. The fourth-order valence-electron chi connectivity index (χ4n) is 7.43. The molecule has 3 unspecified atom stereocenters. The molecule has 4 aliphatic rings. The summed E-state index contributed by atoms with van der Waals surface area (Å²) in [6, 6.07) is -1.25.